The molecule has 0 saturated carbocycles. The Labute approximate surface area is 168 Å². The van der Waals surface area contributed by atoms with Gasteiger partial charge < -0.3 is 9.42 Å². The number of piperidine rings is 3. The highest BCUT2D eigenvalue weighted by Gasteiger charge is 2.46. The maximum absolute atomic E-state index is 13.2. The number of hydrogen-bond donors (Lipinski definition) is 0. The standard InChI is InChI=1S/C23H33N3O2/c1-15-20(16(2)28-24-15)8-9-22(27)26-11-5-6-17-12-18-13-19(23(17)26)14-25-10-4-3-7-21(18)25/h12,18-19,21,23H,3-11,13-14H2,1-2H3/t18?,19?,21-,23-/m1/s1. The van der Waals surface area contributed by atoms with E-state index in [1.165, 1.54) is 45.2 Å². The maximum Gasteiger partial charge on any atom is 0.223 e. The summed E-state index contributed by atoms with van der Waals surface area (Å²) in [5.41, 5.74) is 3.61. The first-order valence-electron chi connectivity index (χ1n) is 11.3. The van der Waals surface area contributed by atoms with Gasteiger partial charge in [0.2, 0.25) is 5.91 Å². The summed E-state index contributed by atoms with van der Waals surface area (Å²) >= 11 is 0. The van der Waals surface area contributed by atoms with Crippen molar-refractivity contribution in [3.8, 4) is 0 Å². The summed E-state index contributed by atoms with van der Waals surface area (Å²) in [6.07, 6.45) is 11.6. The summed E-state index contributed by atoms with van der Waals surface area (Å²) < 4.78 is 5.27. The topological polar surface area (TPSA) is 49.6 Å². The first-order valence-corrected chi connectivity index (χ1v) is 11.3. The summed E-state index contributed by atoms with van der Waals surface area (Å²) in [5, 5.41) is 4.04. The van der Waals surface area contributed by atoms with Gasteiger partial charge in [-0.1, -0.05) is 23.2 Å². The van der Waals surface area contributed by atoms with Crippen LogP contribution in [0.2, 0.25) is 0 Å². The van der Waals surface area contributed by atoms with Gasteiger partial charge in [-0.15, -0.1) is 0 Å². The molecule has 1 aromatic rings. The zero-order valence-electron chi connectivity index (χ0n) is 17.3. The van der Waals surface area contributed by atoms with Gasteiger partial charge >= 0.3 is 0 Å². The number of amides is 1. The summed E-state index contributed by atoms with van der Waals surface area (Å²) in [6, 6.07) is 1.12. The van der Waals surface area contributed by atoms with E-state index in [9.17, 15) is 4.79 Å². The Bertz CT molecular complexity index is 763. The Balaban J connectivity index is 1.33. The number of aryl methyl sites for hydroxylation is 2. The van der Waals surface area contributed by atoms with Crippen LogP contribution in [0, 0.1) is 25.7 Å². The highest BCUT2D eigenvalue weighted by molar-refractivity contribution is 5.77. The van der Waals surface area contributed by atoms with Gasteiger partial charge in [0.1, 0.15) is 5.76 Å². The zero-order valence-corrected chi connectivity index (χ0v) is 17.3. The molecule has 4 atom stereocenters. The summed E-state index contributed by atoms with van der Waals surface area (Å²) in [7, 11) is 0. The fourth-order valence-corrected chi connectivity index (χ4v) is 6.49. The van der Waals surface area contributed by atoms with Crippen molar-refractivity contribution >= 4 is 5.91 Å². The van der Waals surface area contributed by atoms with Crippen LogP contribution in [0.1, 0.15) is 62.0 Å². The summed E-state index contributed by atoms with van der Waals surface area (Å²) in [4.78, 5) is 18.2. The fraction of sp³-hybridized carbons (Fsp3) is 0.739. The zero-order chi connectivity index (χ0) is 19.3. The molecule has 1 amide bonds. The molecule has 4 aliphatic rings. The van der Waals surface area contributed by atoms with E-state index >= 15 is 0 Å². The number of carbonyl (C=O) groups is 1. The third-order valence-electron chi connectivity index (χ3n) is 7.75. The van der Waals surface area contributed by atoms with E-state index < -0.39 is 0 Å². The molecule has 5 nitrogen and oxygen atoms in total. The second-order valence-electron chi connectivity index (χ2n) is 9.40. The fourth-order valence-electron chi connectivity index (χ4n) is 6.49. The predicted molar refractivity (Wildman–Crippen MR) is 108 cm³/mol. The largest absolute Gasteiger partial charge is 0.361 e. The molecular formula is C23H33N3O2. The van der Waals surface area contributed by atoms with Gasteiger partial charge in [0.15, 0.2) is 0 Å². The van der Waals surface area contributed by atoms with Gasteiger partial charge in [0.05, 0.1) is 11.7 Å². The minimum absolute atomic E-state index is 0.315. The lowest BCUT2D eigenvalue weighted by Gasteiger charge is -2.54. The quantitative estimate of drug-likeness (QED) is 0.748. The molecule has 5 heteroatoms. The Morgan fingerprint density at radius 3 is 2.96 bits per heavy atom. The second-order valence-corrected chi connectivity index (χ2v) is 9.40. The average Bonchev–Trinajstić information content (AvgIpc) is 3.03. The molecule has 3 aliphatic heterocycles. The Morgan fingerprint density at radius 2 is 2.14 bits per heavy atom. The molecule has 3 saturated heterocycles. The molecule has 5 rings (SSSR count). The SMILES string of the molecule is Cc1noc(C)c1CCC(=O)N1CCCC2=CC3CC(CN4CCCC[C@H]34)[C@@H]21. The van der Waals surface area contributed by atoms with E-state index in [-0.39, 0.29) is 0 Å². The predicted octanol–water partition coefficient (Wildman–Crippen LogP) is 3.65. The van der Waals surface area contributed by atoms with Gasteiger partial charge in [0.25, 0.3) is 0 Å². The van der Waals surface area contributed by atoms with Crippen LogP contribution in [0.4, 0.5) is 0 Å². The lowest BCUT2D eigenvalue weighted by atomic mass is 9.68. The van der Waals surface area contributed by atoms with Crippen LogP contribution in [-0.2, 0) is 11.2 Å². The maximum atomic E-state index is 13.2. The van der Waals surface area contributed by atoms with Gasteiger partial charge in [-0.25, -0.2) is 0 Å². The van der Waals surface area contributed by atoms with Crippen LogP contribution in [0.15, 0.2) is 16.2 Å². The van der Waals surface area contributed by atoms with E-state index in [2.05, 4.69) is 21.0 Å². The van der Waals surface area contributed by atoms with Crippen molar-refractivity contribution in [2.24, 2.45) is 11.8 Å². The van der Waals surface area contributed by atoms with Crippen LogP contribution in [0.25, 0.3) is 0 Å². The molecule has 2 bridgehead atoms. The smallest absolute Gasteiger partial charge is 0.223 e. The van der Waals surface area contributed by atoms with E-state index in [1.54, 1.807) is 5.57 Å². The van der Waals surface area contributed by atoms with Crippen LogP contribution < -0.4 is 0 Å². The molecular weight excluding hydrogens is 350 g/mol. The number of nitrogens with zero attached hydrogens (tertiary/aromatic N) is 3. The molecule has 4 heterocycles. The van der Waals surface area contributed by atoms with Crippen LogP contribution in [0.5, 0.6) is 0 Å². The Morgan fingerprint density at radius 1 is 1.25 bits per heavy atom. The molecule has 152 valence electrons. The molecule has 0 N–H and O–H groups in total. The van der Waals surface area contributed by atoms with E-state index in [0.29, 0.717) is 24.3 Å². The van der Waals surface area contributed by atoms with E-state index in [0.717, 1.165) is 48.4 Å². The second kappa shape index (κ2) is 7.33. The monoisotopic (exact) mass is 383 g/mol. The minimum Gasteiger partial charge on any atom is -0.361 e. The van der Waals surface area contributed by atoms with Crippen molar-refractivity contribution in [1.82, 2.24) is 15.0 Å². The molecule has 3 fully saturated rings. The highest BCUT2D eigenvalue weighted by atomic mass is 16.5. The highest BCUT2D eigenvalue weighted by Crippen LogP contribution is 2.45. The van der Waals surface area contributed by atoms with Gasteiger partial charge in [-0.2, -0.15) is 0 Å². The van der Waals surface area contributed by atoms with Crippen molar-refractivity contribution in [1.29, 1.82) is 0 Å². The molecule has 0 radical (unpaired) electrons. The van der Waals surface area contributed by atoms with E-state index in [4.69, 9.17) is 4.52 Å². The van der Waals surface area contributed by atoms with Crippen molar-refractivity contribution < 1.29 is 9.32 Å². The summed E-state index contributed by atoms with van der Waals surface area (Å²) in [5.74, 6) is 2.52. The van der Waals surface area contributed by atoms with E-state index in [1.807, 2.05) is 13.8 Å². The van der Waals surface area contributed by atoms with Crippen molar-refractivity contribution in [3.05, 3.63) is 28.7 Å². The third kappa shape index (κ3) is 3.12. The van der Waals surface area contributed by atoms with Crippen LogP contribution in [0.3, 0.4) is 0 Å². The molecule has 1 aliphatic carbocycles. The minimum atomic E-state index is 0.315. The molecule has 0 aromatic carbocycles. The first kappa shape index (κ1) is 18.4. The van der Waals surface area contributed by atoms with Crippen LogP contribution >= 0.6 is 0 Å². The normalized spacial score (nSPS) is 32.5. The average molecular weight is 384 g/mol. The van der Waals surface area contributed by atoms with Crippen molar-refractivity contribution in [2.45, 2.75) is 77.3 Å². The molecule has 0 spiro atoms. The van der Waals surface area contributed by atoms with Gasteiger partial charge in [-0.3, -0.25) is 9.69 Å². The first-order chi connectivity index (χ1) is 13.6. The van der Waals surface area contributed by atoms with Crippen molar-refractivity contribution in [3.63, 3.8) is 0 Å². The number of likely N-dealkylation sites (tertiary alicyclic amines) is 1. The number of rotatable bonds is 3. The Hall–Kier alpha value is -1.62. The van der Waals surface area contributed by atoms with Crippen molar-refractivity contribution in [2.75, 3.05) is 19.6 Å². The molecule has 28 heavy (non-hydrogen) atoms. The lowest BCUT2D eigenvalue weighted by molar-refractivity contribution is -0.136. The molecule has 1 aromatic heterocycles. The summed E-state index contributed by atoms with van der Waals surface area (Å²) in [6.45, 7) is 7.29. The number of aromatic nitrogens is 1. The number of carbonyl (C=O) groups excluding carboxylic acids is 1. The lowest BCUT2D eigenvalue weighted by Crippen LogP contribution is -2.60. The number of fused-ring (bicyclic) bond motifs is 6. The van der Waals surface area contributed by atoms with Gasteiger partial charge in [-0.05, 0) is 70.8 Å². The van der Waals surface area contributed by atoms with Gasteiger partial charge in [0, 0.05) is 31.1 Å². The Kier molecular flexibility index (Phi) is 4.82. The third-order valence-corrected chi connectivity index (χ3v) is 7.75. The molecule has 2 unspecified atom stereocenters. The number of hydrogen-bond acceptors (Lipinski definition) is 4. The van der Waals surface area contributed by atoms with Crippen LogP contribution in [-0.4, -0.2) is 52.6 Å².